The third-order valence-corrected chi connectivity index (χ3v) is 4.06. The summed E-state index contributed by atoms with van der Waals surface area (Å²) < 4.78 is 5.24. The maximum absolute atomic E-state index is 12.3. The highest BCUT2D eigenvalue weighted by Gasteiger charge is 2.15. The molecule has 5 heteroatoms. The van der Waals surface area contributed by atoms with Crippen LogP contribution < -0.4 is 10.2 Å². The van der Waals surface area contributed by atoms with E-state index < -0.39 is 0 Å². The van der Waals surface area contributed by atoms with Crippen LogP contribution in [0, 0.1) is 0 Å². The van der Waals surface area contributed by atoms with E-state index in [1.54, 1.807) is 25.7 Å². The quantitative estimate of drug-likeness (QED) is 0.574. The Bertz CT molecular complexity index is 907. The molecule has 0 spiro atoms. The van der Waals surface area contributed by atoms with Gasteiger partial charge < -0.3 is 4.74 Å². The molecule has 25 heavy (non-hydrogen) atoms. The second kappa shape index (κ2) is 7.57. The molecule has 0 aliphatic heterocycles. The average molecular weight is 333 g/mol. The molecule has 1 N–H and O–H groups in total. The van der Waals surface area contributed by atoms with Gasteiger partial charge in [0.05, 0.1) is 19.2 Å². The number of aromatic nitrogens is 1. The Balaban J connectivity index is 1.71. The lowest BCUT2D eigenvalue weighted by Crippen LogP contribution is -2.23. The second-order valence-electron chi connectivity index (χ2n) is 5.71. The fourth-order valence-corrected chi connectivity index (χ4v) is 2.51. The first-order chi connectivity index (χ1) is 12.2. The van der Waals surface area contributed by atoms with Crippen LogP contribution in [0.15, 0.2) is 66.0 Å². The molecule has 126 valence electrons. The highest BCUT2D eigenvalue weighted by Crippen LogP contribution is 2.25. The van der Waals surface area contributed by atoms with E-state index in [4.69, 9.17) is 4.74 Å². The van der Waals surface area contributed by atoms with Crippen LogP contribution >= 0.6 is 0 Å². The number of hydrazone groups is 1. The van der Waals surface area contributed by atoms with Crippen LogP contribution in [-0.4, -0.2) is 24.2 Å². The number of amides is 1. The largest absolute Gasteiger partial charge is 0.497 e. The van der Waals surface area contributed by atoms with E-state index in [-0.39, 0.29) is 11.8 Å². The summed E-state index contributed by atoms with van der Waals surface area (Å²) in [5.74, 6) is 0.357. The summed E-state index contributed by atoms with van der Waals surface area (Å²) in [6, 6.07) is 15.5. The Morgan fingerprint density at radius 3 is 2.60 bits per heavy atom. The molecule has 0 aliphatic carbocycles. The van der Waals surface area contributed by atoms with Gasteiger partial charge in [0, 0.05) is 12.4 Å². The minimum Gasteiger partial charge on any atom is -0.497 e. The third-order valence-electron chi connectivity index (χ3n) is 4.06. The normalized spacial score (nSPS) is 12.2. The molecule has 1 atom stereocenters. The minimum atomic E-state index is -0.305. The van der Waals surface area contributed by atoms with Gasteiger partial charge in [0.1, 0.15) is 5.75 Å². The van der Waals surface area contributed by atoms with E-state index in [1.165, 1.54) is 0 Å². The lowest BCUT2D eigenvalue weighted by molar-refractivity contribution is -0.122. The van der Waals surface area contributed by atoms with Gasteiger partial charge in [-0.25, -0.2) is 5.43 Å². The summed E-state index contributed by atoms with van der Waals surface area (Å²) in [7, 11) is 1.65. The van der Waals surface area contributed by atoms with Crippen molar-refractivity contribution in [2.45, 2.75) is 12.8 Å². The number of carbonyl (C=O) groups is 1. The van der Waals surface area contributed by atoms with Gasteiger partial charge in [-0.15, -0.1) is 0 Å². The number of fused-ring (bicyclic) bond motifs is 1. The fraction of sp³-hybridized carbons (Fsp3) is 0.150. The van der Waals surface area contributed by atoms with Gasteiger partial charge in [0.2, 0.25) is 5.91 Å². The van der Waals surface area contributed by atoms with Gasteiger partial charge in [-0.05, 0) is 53.1 Å². The third kappa shape index (κ3) is 4.01. The molecular formula is C20H19N3O2. The van der Waals surface area contributed by atoms with Gasteiger partial charge in [-0.3, -0.25) is 9.78 Å². The highest BCUT2D eigenvalue weighted by molar-refractivity contribution is 5.89. The van der Waals surface area contributed by atoms with E-state index in [2.05, 4.69) is 15.5 Å². The van der Waals surface area contributed by atoms with Gasteiger partial charge in [0.25, 0.3) is 0 Å². The van der Waals surface area contributed by atoms with Crippen LogP contribution in [0.4, 0.5) is 0 Å². The Morgan fingerprint density at radius 1 is 1.12 bits per heavy atom. The second-order valence-corrected chi connectivity index (χ2v) is 5.71. The van der Waals surface area contributed by atoms with Gasteiger partial charge in [-0.2, -0.15) is 5.10 Å². The van der Waals surface area contributed by atoms with Crippen molar-refractivity contribution >= 4 is 22.9 Å². The molecule has 0 radical (unpaired) electrons. The van der Waals surface area contributed by atoms with E-state index in [0.717, 1.165) is 27.6 Å². The standard InChI is InChI=1S/C20H19N3O2/c1-14(20(24)23-22-13-15-7-9-21-10-8-15)16-3-4-18-12-19(25-2)6-5-17(18)11-16/h3-14H,1-2H3,(H,23,24)/b22-13-/t14-/m1/s1. The topological polar surface area (TPSA) is 63.6 Å². The first-order valence-corrected chi connectivity index (χ1v) is 7.98. The SMILES string of the molecule is COc1ccc2cc([C@@H](C)C(=O)N/N=C\c3ccncc3)ccc2c1. The van der Waals surface area contributed by atoms with Crippen molar-refractivity contribution in [3.8, 4) is 5.75 Å². The molecule has 0 saturated carbocycles. The van der Waals surface area contributed by atoms with Crippen LogP contribution in [0.2, 0.25) is 0 Å². The molecule has 0 aliphatic rings. The first kappa shape index (κ1) is 16.6. The summed E-state index contributed by atoms with van der Waals surface area (Å²) in [4.78, 5) is 16.2. The fourth-order valence-electron chi connectivity index (χ4n) is 2.51. The summed E-state index contributed by atoms with van der Waals surface area (Å²) in [6.45, 7) is 1.86. The number of nitrogens with zero attached hydrogens (tertiary/aromatic N) is 2. The summed E-state index contributed by atoms with van der Waals surface area (Å²) >= 11 is 0. The first-order valence-electron chi connectivity index (χ1n) is 7.98. The van der Waals surface area contributed by atoms with Crippen molar-refractivity contribution in [3.63, 3.8) is 0 Å². The van der Waals surface area contributed by atoms with Crippen LogP contribution in [0.5, 0.6) is 5.75 Å². The van der Waals surface area contributed by atoms with Crippen molar-refractivity contribution in [1.82, 2.24) is 10.4 Å². The van der Waals surface area contributed by atoms with Gasteiger partial charge >= 0.3 is 0 Å². The molecular weight excluding hydrogens is 314 g/mol. The monoisotopic (exact) mass is 333 g/mol. The number of ether oxygens (including phenoxy) is 1. The predicted octanol–water partition coefficient (Wildman–Crippen LogP) is 3.50. The number of hydrogen-bond donors (Lipinski definition) is 1. The van der Waals surface area contributed by atoms with E-state index in [1.807, 2.05) is 55.5 Å². The molecule has 3 aromatic rings. The van der Waals surface area contributed by atoms with E-state index in [9.17, 15) is 4.79 Å². The maximum Gasteiger partial charge on any atom is 0.247 e. The van der Waals surface area contributed by atoms with E-state index in [0.29, 0.717) is 0 Å². The van der Waals surface area contributed by atoms with Crippen LogP contribution in [0.25, 0.3) is 10.8 Å². The van der Waals surface area contributed by atoms with Crippen LogP contribution in [-0.2, 0) is 4.79 Å². The Labute approximate surface area is 146 Å². The molecule has 5 nitrogen and oxygen atoms in total. The molecule has 1 amide bonds. The number of nitrogens with one attached hydrogen (secondary N) is 1. The van der Waals surface area contributed by atoms with Crippen molar-refractivity contribution < 1.29 is 9.53 Å². The van der Waals surface area contributed by atoms with Crippen molar-refractivity contribution in [1.29, 1.82) is 0 Å². The lowest BCUT2D eigenvalue weighted by atomic mass is 9.97. The lowest BCUT2D eigenvalue weighted by Gasteiger charge is -2.11. The summed E-state index contributed by atoms with van der Waals surface area (Å²) in [5.41, 5.74) is 4.40. The summed E-state index contributed by atoms with van der Waals surface area (Å²) in [5, 5.41) is 6.15. The molecule has 3 rings (SSSR count). The number of rotatable bonds is 5. The number of hydrogen-bond acceptors (Lipinski definition) is 4. The number of benzene rings is 2. The zero-order valence-electron chi connectivity index (χ0n) is 14.1. The zero-order chi connectivity index (χ0) is 17.6. The number of carbonyl (C=O) groups excluding carboxylic acids is 1. The Hall–Kier alpha value is -3.21. The molecule has 0 bridgehead atoms. The zero-order valence-corrected chi connectivity index (χ0v) is 14.1. The van der Waals surface area contributed by atoms with Gasteiger partial charge in [0.15, 0.2) is 0 Å². The van der Waals surface area contributed by atoms with Crippen molar-refractivity contribution in [2.24, 2.45) is 5.10 Å². The van der Waals surface area contributed by atoms with Crippen LogP contribution in [0.1, 0.15) is 24.0 Å². The number of methoxy groups -OCH3 is 1. The van der Waals surface area contributed by atoms with Gasteiger partial charge in [-0.1, -0.05) is 24.3 Å². The number of pyridine rings is 1. The molecule has 1 aromatic heterocycles. The van der Waals surface area contributed by atoms with E-state index >= 15 is 0 Å². The Morgan fingerprint density at radius 2 is 1.84 bits per heavy atom. The van der Waals surface area contributed by atoms with Crippen LogP contribution in [0.3, 0.4) is 0 Å². The maximum atomic E-state index is 12.3. The summed E-state index contributed by atoms with van der Waals surface area (Å²) in [6.07, 6.45) is 4.95. The Kier molecular flexibility index (Phi) is 5.04. The predicted molar refractivity (Wildman–Crippen MR) is 98.9 cm³/mol. The average Bonchev–Trinajstić information content (AvgIpc) is 2.67. The molecule has 0 saturated heterocycles. The molecule has 1 heterocycles. The van der Waals surface area contributed by atoms with Crippen molar-refractivity contribution in [3.05, 3.63) is 72.1 Å². The molecule has 0 unspecified atom stereocenters. The molecule has 2 aromatic carbocycles. The smallest absolute Gasteiger partial charge is 0.247 e. The molecule has 0 fully saturated rings. The highest BCUT2D eigenvalue weighted by atomic mass is 16.5. The minimum absolute atomic E-state index is 0.154. The van der Waals surface area contributed by atoms with Crippen molar-refractivity contribution in [2.75, 3.05) is 7.11 Å².